The average Bonchev–Trinajstić information content (AvgIpc) is 3.08. The van der Waals surface area contributed by atoms with E-state index in [0.717, 1.165) is 11.1 Å². The van der Waals surface area contributed by atoms with Crippen molar-refractivity contribution in [3.63, 3.8) is 0 Å². The second-order valence-corrected chi connectivity index (χ2v) is 6.10. The summed E-state index contributed by atoms with van der Waals surface area (Å²) in [4.78, 5) is 11.9. The van der Waals surface area contributed by atoms with E-state index >= 15 is 0 Å². The van der Waals surface area contributed by atoms with Crippen LogP contribution in [0.5, 0.6) is 0 Å². The number of nitrogens with one attached hydrogen (secondary N) is 2. The van der Waals surface area contributed by atoms with Crippen molar-refractivity contribution in [2.75, 3.05) is 10.6 Å². The number of anilines is 2. The Labute approximate surface area is 148 Å². The van der Waals surface area contributed by atoms with Crippen LogP contribution in [0.4, 0.5) is 14.7 Å². The second-order valence-electron chi connectivity index (χ2n) is 5.13. The average molecular weight is 354 g/mol. The van der Waals surface area contributed by atoms with Crippen molar-refractivity contribution in [2.24, 2.45) is 0 Å². The number of hydrogen-bond acceptors (Lipinski definition) is 5. The Balaban J connectivity index is 1.51. The van der Waals surface area contributed by atoms with E-state index in [1.54, 1.807) is 18.2 Å². The summed E-state index contributed by atoms with van der Waals surface area (Å²) in [6, 6.07) is 15.7. The summed E-state index contributed by atoms with van der Waals surface area (Å²) in [7, 11) is 0. The molecule has 0 aliphatic heterocycles. The van der Waals surface area contributed by atoms with Gasteiger partial charge in [0, 0.05) is 12.6 Å². The van der Waals surface area contributed by atoms with Crippen molar-refractivity contribution in [3.8, 4) is 0 Å². The molecule has 0 unspecified atom stereocenters. The van der Waals surface area contributed by atoms with Crippen LogP contribution >= 0.6 is 11.3 Å². The van der Waals surface area contributed by atoms with Gasteiger partial charge in [0.1, 0.15) is 5.82 Å². The lowest BCUT2D eigenvalue weighted by atomic mass is 10.2. The van der Waals surface area contributed by atoms with Gasteiger partial charge in [-0.25, -0.2) is 4.39 Å². The van der Waals surface area contributed by atoms with Gasteiger partial charge in [-0.15, -0.1) is 10.2 Å². The Bertz CT molecular complexity index is 862. The lowest BCUT2D eigenvalue weighted by molar-refractivity contribution is -0.111. The highest BCUT2D eigenvalue weighted by atomic mass is 32.1. The minimum absolute atomic E-state index is 0.270. The van der Waals surface area contributed by atoms with Crippen molar-refractivity contribution in [1.82, 2.24) is 10.2 Å². The summed E-state index contributed by atoms with van der Waals surface area (Å²) in [6.07, 6.45) is 3.17. The van der Waals surface area contributed by atoms with Crippen molar-refractivity contribution in [1.29, 1.82) is 0 Å². The van der Waals surface area contributed by atoms with E-state index in [0.29, 0.717) is 16.8 Å². The molecule has 0 aliphatic rings. The predicted octanol–water partition coefficient (Wildman–Crippen LogP) is 3.94. The van der Waals surface area contributed by atoms with Crippen molar-refractivity contribution >= 4 is 33.6 Å². The molecule has 25 heavy (non-hydrogen) atoms. The fourth-order valence-corrected chi connectivity index (χ4v) is 2.65. The largest absolute Gasteiger partial charge is 0.356 e. The SMILES string of the molecule is O=C(/C=C/c1ccccc1)Nc1nnc(NCc2ccc(F)cc2)s1. The van der Waals surface area contributed by atoms with Gasteiger partial charge in [-0.1, -0.05) is 53.8 Å². The predicted molar refractivity (Wildman–Crippen MR) is 97.7 cm³/mol. The highest BCUT2D eigenvalue weighted by molar-refractivity contribution is 7.19. The minimum atomic E-state index is -0.273. The van der Waals surface area contributed by atoms with E-state index in [-0.39, 0.29) is 11.7 Å². The Morgan fingerprint density at radius 1 is 1.04 bits per heavy atom. The van der Waals surface area contributed by atoms with Crippen molar-refractivity contribution in [2.45, 2.75) is 6.54 Å². The van der Waals surface area contributed by atoms with Crippen LogP contribution in [0.3, 0.4) is 0 Å². The van der Waals surface area contributed by atoms with Crippen LogP contribution in [0.1, 0.15) is 11.1 Å². The van der Waals surface area contributed by atoms with Gasteiger partial charge in [0.25, 0.3) is 0 Å². The van der Waals surface area contributed by atoms with Gasteiger partial charge in [0.2, 0.25) is 16.2 Å². The highest BCUT2D eigenvalue weighted by Crippen LogP contribution is 2.20. The first-order valence-electron chi connectivity index (χ1n) is 7.55. The fourth-order valence-electron chi connectivity index (χ4n) is 2.01. The third-order valence-electron chi connectivity index (χ3n) is 3.24. The number of aromatic nitrogens is 2. The highest BCUT2D eigenvalue weighted by Gasteiger charge is 2.06. The molecular formula is C18H15FN4OS. The number of carbonyl (C=O) groups is 1. The van der Waals surface area contributed by atoms with Crippen LogP contribution in [0.2, 0.25) is 0 Å². The van der Waals surface area contributed by atoms with Gasteiger partial charge in [0.15, 0.2) is 0 Å². The molecule has 7 heteroatoms. The molecule has 1 heterocycles. The van der Waals surface area contributed by atoms with Gasteiger partial charge in [-0.2, -0.15) is 0 Å². The Kier molecular flexibility index (Phi) is 5.48. The molecular weight excluding hydrogens is 339 g/mol. The second kappa shape index (κ2) is 8.16. The molecule has 0 bridgehead atoms. The lowest BCUT2D eigenvalue weighted by Gasteiger charge is -2.01. The van der Waals surface area contributed by atoms with Crippen LogP contribution in [-0.4, -0.2) is 16.1 Å². The van der Waals surface area contributed by atoms with Crippen LogP contribution in [0.25, 0.3) is 6.08 Å². The molecule has 3 rings (SSSR count). The number of rotatable bonds is 6. The Hall–Kier alpha value is -3.06. The standard InChI is InChI=1S/C18H15FN4OS/c19-15-9-6-14(7-10-15)12-20-17-22-23-18(25-17)21-16(24)11-8-13-4-2-1-3-5-13/h1-11H,12H2,(H,20,22)(H,21,23,24)/b11-8+. The smallest absolute Gasteiger partial charge is 0.250 e. The molecule has 0 spiro atoms. The molecule has 0 fully saturated rings. The summed E-state index contributed by atoms with van der Waals surface area (Å²) in [5, 5.41) is 14.6. The van der Waals surface area contributed by atoms with Gasteiger partial charge in [-0.3, -0.25) is 10.1 Å². The van der Waals surface area contributed by atoms with Crippen molar-refractivity contribution in [3.05, 3.63) is 77.6 Å². The molecule has 126 valence electrons. The summed E-state index contributed by atoms with van der Waals surface area (Å²) in [5.74, 6) is -0.543. The number of halogens is 1. The van der Waals surface area contributed by atoms with Crippen molar-refractivity contribution < 1.29 is 9.18 Å². The maximum absolute atomic E-state index is 12.9. The number of amides is 1. The van der Waals surface area contributed by atoms with Gasteiger partial charge < -0.3 is 5.32 Å². The Morgan fingerprint density at radius 2 is 1.76 bits per heavy atom. The third-order valence-corrected chi connectivity index (χ3v) is 4.04. The van der Waals surface area contributed by atoms with Crippen LogP contribution in [-0.2, 0) is 11.3 Å². The van der Waals surface area contributed by atoms with Gasteiger partial charge in [-0.05, 0) is 29.3 Å². The zero-order valence-corrected chi connectivity index (χ0v) is 14.0. The molecule has 3 aromatic rings. The zero-order valence-electron chi connectivity index (χ0n) is 13.1. The lowest BCUT2D eigenvalue weighted by Crippen LogP contribution is -2.07. The van der Waals surface area contributed by atoms with Crippen LogP contribution < -0.4 is 10.6 Å². The van der Waals surface area contributed by atoms with Gasteiger partial charge >= 0.3 is 0 Å². The molecule has 0 radical (unpaired) electrons. The number of hydrogen-bond donors (Lipinski definition) is 2. The topological polar surface area (TPSA) is 66.9 Å². The molecule has 1 aromatic heterocycles. The third kappa shape index (κ3) is 5.22. The zero-order chi connectivity index (χ0) is 17.5. The summed E-state index contributed by atoms with van der Waals surface area (Å²) in [5.41, 5.74) is 1.87. The van der Waals surface area contributed by atoms with E-state index in [9.17, 15) is 9.18 Å². The summed E-state index contributed by atoms with van der Waals surface area (Å²) >= 11 is 1.23. The molecule has 0 saturated carbocycles. The molecule has 0 aliphatic carbocycles. The first-order chi connectivity index (χ1) is 12.2. The molecule has 0 atom stereocenters. The minimum Gasteiger partial charge on any atom is -0.356 e. The van der Waals surface area contributed by atoms with Gasteiger partial charge in [0.05, 0.1) is 0 Å². The van der Waals surface area contributed by atoms with E-state index in [1.807, 2.05) is 30.3 Å². The number of benzene rings is 2. The first-order valence-corrected chi connectivity index (χ1v) is 8.36. The molecule has 0 saturated heterocycles. The van der Waals surface area contributed by atoms with E-state index < -0.39 is 0 Å². The molecule has 2 N–H and O–H groups in total. The monoisotopic (exact) mass is 354 g/mol. The number of nitrogens with zero attached hydrogens (tertiary/aromatic N) is 2. The van der Waals surface area contributed by atoms with Crippen LogP contribution in [0.15, 0.2) is 60.7 Å². The van der Waals surface area contributed by atoms with E-state index in [1.165, 1.54) is 29.5 Å². The first kappa shape index (κ1) is 16.8. The maximum Gasteiger partial charge on any atom is 0.250 e. The summed E-state index contributed by atoms with van der Waals surface area (Å²) in [6.45, 7) is 0.497. The molecule has 1 amide bonds. The van der Waals surface area contributed by atoms with E-state index in [4.69, 9.17) is 0 Å². The quantitative estimate of drug-likeness (QED) is 0.658. The Morgan fingerprint density at radius 3 is 2.52 bits per heavy atom. The normalized spacial score (nSPS) is 10.8. The fraction of sp³-hybridized carbons (Fsp3) is 0.0556. The number of carbonyl (C=O) groups excluding carboxylic acids is 1. The van der Waals surface area contributed by atoms with E-state index in [2.05, 4.69) is 20.8 Å². The molecule has 2 aromatic carbocycles. The molecule has 5 nitrogen and oxygen atoms in total. The maximum atomic E-state index is 12.9. The summed E-state index contributed by atoms with van der Waals surface area (Å²) < 4.78 is 12.9. The van der Waals surface area contributed by atoms with Crippen LogP contribution in [0, 0.1) is 5.82 Å².